The van der Waals surface area contributed by atoms with E-state index in [1.165, 1.54) is 24.5 Å². The molecule has 1 aromatic carbocycles. The van der Waals surface area contributed by atoms with Crippen molar-refractivity contribution in [2.24, 2.45) is 0 Å². The summed E-state index contributed by atoms with van der Waals surface area (Å²) in [5.41, 5.74) is 0.186. The quantitative estimate of drug-likeness (QED) is 0.746. The largest absolute Gasteiger partial charge is 0.573 e. The molecule has 134 valence electrons. The van der Waals surface area contributed by atoms with Crippen LogP contribution in [0.3, 0.4) is 0 Å². The molecule has 2 aromatic rings. The third-order valence-corrected chi connectivity index (χ3v) is 2.96. The summed E-state index contributed by atoms with van der Waals surface area (Å²) in [7, 11) is 0. The van der Waals surface area contributed by atoms with Gasteiger partial charge in [0.2, 0.25) is 5.91 Å². The van der Waals surface area contributed by atoms with Crippen molar-refractivity contribution < 1.29 is 31.9 Å². The molecule has 9 heteroatoms. The van der Waals surface area contributed by atoms with Gasteiger partial charge in [-0.05, 0) is 30.7 Å². The van der Waals surface area contributed by atoms with Crippen LogP contribution in [-0.4, -0.2) is 24.7 Å². The lowest BCUT2D eigenvalue weighted by Gasteiger charge is -2.10. The fraction of sp³-hybridized carbons (Fsp3) is 0.250. The van der Waals surface area contributed by atoms with E-state index in [4.69, 9.17) is 4.42 Å². The number of furan rings is 1. The van der Waals surface area contributed by atoms with E-state index in [2.05, 4.69) is 15.4 Å². The number of benzene rings is 1. The Morgan fingerprint density at radius 2 is 1.96 bits per heavy atom. The summed E-state index contributed by atoms with van der Waals surface area (Å²) in [6.45, 7) is 0.254. The van der Waals surface area contributed by atoms with Gasteiger partial charge in [0.1, 0.15) is 5.75 Å². The maximum atomic E-state index is 12.2. The lowest BCUT2D eigenvalue weighted by atomic mass is 10.2. The van der Waals surface area contributed by atoms with Gasteiger partial charge in [-0.15, -0.1) is 13.2 Å². The average Bonchev–Trinajstić information content (AvgIpc) is 3.04. The highest BCUT2D eigenvalue weighted by Gasteiger charge is 2.31. The number of carbonyl (C=O) groups is 2. The Morgan fingerprint density at radius 1 is 1.16 bits per heavy atom. The summed E-state index contributed by atoms with van der Waals surface area (Å²) >= 11 is 0. The molecule has 2 amide bonds. The van der Waals surface area contributed by atoms with Crippen molar-refractivity contribution in [2.75, 3.05) is 11.9 Å². The van der Waals surface area contributed by atoms with E-state index in [9.17, 15) is 22.8 Å². The number of rotatable bonds is 7. The first kappa shape index (κ1) is 18.4. The standard InChI is InChI=1S/C16H15F3N2O4/c17-16(18,19)25-12-5-1-4-11(10-12)21-14(22)7-2-8-20-15(23)13-6-3-9-24-13/h1,3-6,9-10H,2,7-8H2,(H,20,23)(H,21,22). The zero-order valence-corrected chi connectivity index (χ0v) is 12.9. The fourth-order valence-corrected chi connectivity index (χ4v) is 1.94. The molecule has 0 radical (unpaired) electrons. The predicted octanol–water partition coefficient (Wildman–Crippen LogP) is 3.33. The third-order valence-electron chi connectivity index (χ3n) is 2.96. The van der Waals surface area contributed by atoms with Crippen LogP contribution in [0, 0.1) is 0 Å². The van der Waals surface area contributed by atoms with Crippen molar-refractivity contribution in [3.63, 3.8) is 0 Å². The van der Waals surface area contributed by atoms with Crippen LogP contribution < -0.4 is 15.4 Å². The number of alkyl halides is 3. The molecule has 2 N–H and O–H groups in total. The molecule has 0 aliphatic carbocycles. The second-order valence-corrected chi connectivity index (χ2v) is 4.96. The Labute approximate surface area is 141 Å². The Kier molecular flexibility index (Phi) is 6.04. The molecule has 0 bridgehead atoms. The number of halogens is 3. The van der Waals surface area contributed by atoms with Crippen molar-refractivity contribution in [1.29, 1.82) is 0 Å². The second kappa shape index (κ2) is 8.22. The summed E-state index contributed by atoms with van der Waals surface area (Å²) < 4.78 is 45.2. The summed E-state index contributed by atoms with van der Waals surface area (Å²) in [5, 5.41) is 5.05. The summed E-state index contributed by atoms with van der Waals surface area (Å²) in [6, 6.07) is 8.08. The number of nitrogens with one attached hydrogen (secondary N) is 2. The van der Waals surface area contributed by atoms with Gasteiger partial charge in [-0.2, -0.15) is 0 Å². The van der Waals surface area contributed by atoms with Gasteiger partial charge in [-0.1, -0.05) is 6.07 Å². The first-order valence-electron chi connectivity index (χ1n) is 7.31. The smallest absolute Gasteiger partial charge is 0.459 e. The Hall–Kier alpha value is -2.97. The number of carbonyl (C=O) groups excluding carboxylic acids is 2. The van der Waals surface area contributed by atoms with Crippen molar-refractivity contribution >= 4 is 17.5 Å². The Bertz CT molecular complexity index is 714. The molecular formula is C16H15F3N2O4. The molecule has 0 aliphatic heterocycles. The van der Waals surface area contributed by atoms with Crippen LogP contribution in [0.2, 0.25) is 0 Å². The maximum Gasteiger partial charge on any atom is 0.573 e. The number of anilines is 1. The molecule has 0 spiro atoms. The van der Waals surface area contributed by atoms with Crippen LogP contribution in [0.5, 0.6) is 5.75 Å². The van der Waals surface area contributed by atoms with Crippen LogP contribution in [0.15, 0.2) is 47.1 Å². The third kappa shape index (κ3) is 6.58. The van der Waals surface area contributed by atoms with E-state index in [0.717, 1.165) is 12.1 Å². The molecule has 0 saturated heterocycles. The summed E-state index contributed by atoms with van der Waals surface area (Å²) in [6.07, 6.45) is -2.98. The van der Waals surface area contributed by atoms with Crippen LogP contribution in [0.1, 0.15) is 23.4 Å². The molecule has 1 heterocycles. The molecule has 0 atom stereocenters. The highest BCUT2D eigenvalue weighted by molar-refractivity contribution is 5.92. The molecule has 0 unspecified atom stereocenters. The molecule has 6 nitrogen and oxygen atoms in total. The lowest BCUT2D eigenvalue weighted by Crippen LogP contribution is -2.25. The summed E-state index contributed by atoms with van der Waals surface area (Å²) in [4.78, 5) is 23.4. The van der Waals surface area contributed by atoms with Crippen LogP contribution in [0.4, 0.5) is 18.9 Å². The minimum atomic E-state index is -4.80. The van der Waals surface area contributed by atoms with E-state index in [1.807, 2.05) is 0 Å². The minimum absolute atomic E-state index is 0.0861. The molecule has 0 aliphatic rings. The predicted molar refractivity (Wildman–Crippen MR) is 82.0 cm³/mol. The molecular weight excluding hydrogens is 341 g/mol. The van der Waals surface area contributed by atoms with Crippen molar-refractivity contribution in [2.45, 2.75) is 19.2 Å². The van der Waals surface area contributed by atoms with Crippen LogP contribution in [-0.2, 0) is 4.79 Å². The van der Waals surface area contributed by atoms with Crippen molar-refractivity contribution in [1.82, 2.24) is 5.32 Å². The SMILES string of the molecule is O=C(CCCNC(=O)c1ccco1)Nc1cccc(OC(F)(F)F)c1. The van der Waals surface area contributed by atoms with E-state index in [0.29, 0.717) is 6.42 Å². The lowest BCUT2D eigenvalue weighted by molar-refractivity contribution is -0.274. The van der Waals surface area contributed by atoms with E-state index < -0.39 is 18.0 Å². The topological polar surface area (TPSA) is 80.6 Å². The first-order chi connectivity index (χ1) is 11.8. The average molecular weight is 356 g/mol. The van der Waals surface area contributed by atoms with E-state index in [-0.39, 0.29) is 30.3 Å². The van der Waals surface area contributed by atoms with Crippen molar-refractivity contribution in [3.8, 4) is 5.75 Å². The van der Waals surface area contributed by atoms with Crippen LogP contribution >= 0.6 is 0 Å². The Balaban J connectivity index is 1.73. The van der Waals surface area contributed by atoms with Crippen molar-refractivity contribution in [3.05, 3.63) is 48.4 Å². The van der Waals surface area contributed by atoms with E-state index >= 15 is 0 Å². The minimum Gasteiger partial charge on any atom is -0.459 e. The maximum absolute atomic E-state index is 12.2. The molecule has 1 aromatic heterocycles. The van der Waals surface area contributed by atoms with Gasteiger partial charge in [-0.25, -0.2) is 0 Å². The number of ether oxygens (including phenoxy) is 1. The van der Waals surface area contributed by atoms with Gasteiger partial charge in [0.05, 0.1) is 6.26 Å². The molecule has 0 fully saturated rings. The highest BCUT2D eigenvalue weighted by Crippen LogP contribution is 2.25. The number of amides is 2. The van der Waals surface area contributed by atoms with Gasteiger partial charge >= 0.3 is 6.36 Å². The molecule has 2 rings (SSSR count). The first-order valence-corrected chi connectivity index (χ1v) is 7.31. The molecule has 0 saturated carbocycles. The van der Waals surface area contributed by atoms with Gasteiger partial charge in [0, 0.05) is 24.7 Å². The second-order valence-electron chi connectivity index (χ2n) is 4.96. The zero-order chi connectivity index (χ0) is 18.3. The van der Waals surface area contributed by atoms with E-state index in [1.54, 1.807) is 6.07 Å². The monoisotopic (exact) mass is 356 g/mol. The zero-order valence-electron chi connectivity index (χ0n) is 12.9. The van der Waals surface area contributed by atoms with Gasteiger partial charge in [0.25, 0.3) is 5.91 Å². The molecule has 25 heavy (non-hydrogen) atoms. The normalized spacial score (nSPS) is 11.0. The number of hydrogen-bond donors (Lipinski definition) is 2. The van der Waals surface area contributed by atoms with Gasteiger partial charge < -0.3 is 19.8 Å². The fourth-order valence-electron chi connectivity index (χ4n) is 1.94. The highest BCUT2D eigenvalue weighted by atomic mass is 19.4. The summed E-state index contributed by atoms with van der Waals surface area (Å²) in [5.74, 6) is -1.03. The number of hydrogen-bond acceptors (Lipinski definition) is 4. The van der Waals surface area contributed by atoms with Crippen LogP contribution in [0.25, 0.3) is 0 Å². The van der Waals surface area contributed by atoms with Gasteiger partial charge in [0.15, 0.2) is 5.76 Å². The Morgan fingerprint density at radius 3 is 2.64 bits per heavy atom. The van der Waals surface area contributed by atoms with Gasteiger partial charge in [-0.3, -0.25) is 9.59 Å².